The van der Waals surface area contributed by atoms with Gasteiger partial charge in [-0.1, -0.05) is 53.4 Å². The molecule has 0 bridgehead atoms. The van der Waals surface area contributed by atoms with Crippen LogP contribution in [0.2, 0.25) is 0 Å². The van der Waals surface area contributed by atoms with Crippen LogP contribution in [0.1, 0.15) is 72.6 Å². The summed E-state index contributed by atoms with van der Waals surface area (Å²) in [6, 6.07) is 1.60. The zero-order valence-electron chi connectivity index (χ0n) is 13.8. The highest BCUT2D eigenvalue weighted by atomic mass is 15.2. The zero-order chi connectivity index (χ0) is 14.1. The minimum absolute atomic E-state index is 0.747. The molecule has 0 saturated heterocycles. The van der Waals surface area contributed by atoms with Crippen LogP contribution in [-0.2, 0) is 0 Å². The molecule has 0 aliphatic heterocycles. The first kappa shape index (κ1) is 17.0. The maximum Gasteiger partial charge on any atom is 0.0223 e. The molecular weight excluding hydrogens is 232 g/mol. The summed E-state index contributed by atoms with van der Waals surface area (Å²) in [6.45, 7) is 12.8. The van der Waals surface area contributed by atoms with Gasteiger partial charge in [-0.15, -0.1) is 0 Å². The summed E-state index contributed by atoms with van der Waals surface area (Å²) in [4.78, 5) is 2.80. The van der Waals surface area contributed by atoms with E-state index in [2.05, 4.69) is 37.9 Å². The van der Waals surface area contributed by atoms with Gasteiger partial charge >= 0.3 is 0 Å². The fourth-order valence-corrected chi connectivity index (χ4v) is 3.48. The second-order valence-electron chi connectivity index (χ2n) is 6.62. The van der Waals surface area contributed by atoms with Gasteiger partial charge in [-0.25, -0.2) is 0 Å². The standard InChI is InChI=1S/C17H36N2/c1-5-10-17(14-18-13-15(3)4)19(6-2)16-11-8-7-9-12-16/h15-18H,5-14H2,1-4H3. The Balaban J connectivity index is 2.48. The average Bonchev–Trinajstić information content (AvgIpc) is 2.40. The molecule has 114 valence electrons. The first-order chi connectivity index (χ1) is 9.19. The minimum Gasteiger partial charge on any atom is -0.315 e. The fraction of sp³-hybridized carbons (Fsp3) is 1.00. The molecule has 1 saturated carbocycles. The Labute approximate surface area is 121 Å². The predicted octanol–water partition coefficient (Wildman–Crippen LogP) is 4.06. The number of hydrogen-bond donors (Lipinski definition) is 1. The molecule has 1 aliphatic carbocycles. The SMILES string of the molecule is CCCC(CNCC(C)C)N(CC)C1CCCCC1. The van der Waals surface area contributed by atoms with Crippen molar-refractivity contribution in [2.24, 2.45) is 5.92 Å². The highest BCUT2D eigenvalue weighted by molar-refractivity contribution is 4.82. The van der Waals surface area contributed by atoms with Crippen molar-refractivity contribution in [1.82, 2.24) is 10.2 Å². The van der Waals surface area contributed by atoms with Crippen LogP contribution in [0.3, 0.4) is 0 Å². The molecule has 0 spiro atoms. The summed E-state index contributed by atoms with van der Waals surface area (Å²) in [5.41, 5.74) is 0. The second kappa shape index (κ2) is 9.77. The van der Waals surface area contributed by atoms with Gasteiger partial charge in [0.05, 0.1) is 0 Å². The lowest BCUT2D eigenvalue weighted by Gasteiger charge is -2.39. The Kier molecular flexibility index (Phi) is 8.72. The van der Waals surface area contributed by atoms with Crippen LogP contribution >= 0.6 is 0 Å². The molecule has 0 amide bonds. The summed E-state index contributed by atoms with van der Waals surface area (Å²) in [6.07, 6.45) is 9.85. The maximum absolute atomic E-state index is 3.68. The Morgan fingerprint density at radius 2 is 1.74 bits per heavy atom. The van der Waals surface area contributed by atoms with E-state index >= 15 is 0 Å². The van der Waals surface area contributed by atoms with Gasteiger partial charge in [0.1, 0.15) is 0 Å². The normalized spacial score (nSPS) is 19.3. The van der Waals surface area contributed by atoms with E-state index < -0.39 is 0 Å². The van der Waals surface area contributed by atoms with Gasteiger partial charge in [0.2, 0.25) is 0 Å². The Bertz CT molecular complexity index is 209. The van der Waals surface area contributed by atoms with Gasteiger partial charge in [-0.05, 0) is 38.3 Å². The highest BCUT2D eigenvalue weighted by Gasteiger charge is 2.25. The average molecular weight is 268 g/mol. The molecule has 1 unspecified atom stereocenters. The van der Waals surface area contributed by atoms with E-state index in [1.807, 2.05) is 0 Å². The molecule has 1 N–H and O–H groups in total. The monoisotopic (exact) mass is 268 g/mol. The quantitative estimate of drug-likeness (QED) is 0.678. The van der Waals surface area contributed by atoms with Crippen molar-refractivity contribution in [2.75, 3.05) is 19.6 Å². The van der Waals surface area contributed by atoms with Crippen molar-refractivity contribution < 1.29 is 0 Å². The van der Waals surface area contributed by atoms with E-state index in [1.165, 1.54) is 58.0 Å². The van der Waals surface area contributed by atoms with Gasteiger partial charge in [-0.2, -0.15) is 0 Å². The van der Waals surface area contributed by atoms with Gasteiger partial charge < -0.3 is 5.32 Å². The smallest absolute Gasteiger partial charge is 0.0223 e. The summed E-state index contributed by atoms with van der Waals surface area (Å²) >= 11 is 0. The Morgan fingerprint density at radius 3 is 2.26 bits per heavy atom. The second-order valence-corrected chi connectivity index (χ2v) is 6.62. The van der Waals surface area contributed by atoms with Crippen LogP contribution in [-0.4, -0.2) is 36.6 Å². The van der Waals surface area contributed by atoms with Crippen molar-refractivity contribution >= 4 is 0 Å². The molecule has 0 aromatic carbocycles. The van der Waals surface area contributed by atoms with E-state index in [0.29, 0.717) is 0 Å². The maximum atomic E-state index is 3.68. The number of rotatable bonds is 9. The first-order valence-electron chi connectivity index (χ1n) is 8.65. The Morgan fingerprint density at radius 1 is 1.05 bits per heavy atom. The topological polar surface area (TPSA) is 15.3 Å². The highest BCUT2D eigenvalue weighted by Crippen LogP contribution is 2.25. The zero-order valence-corrected chi connectivity index (χ0v) is 13.8. The summed E-state index contributed by atoms with van der Waals surface area (Å²) in [5.74, 6) is 0.757. The van der Waals surface area contributed by atoms with E-state index in [4.69, 9.17) is 0 Å². The van der Waals surface area contributed by atoms with Crippen molar-refractivity contribution in [3.05, 3.63) is 0 Å². The number of nitrogens with zero attached hydrogens (tertiary/aromatic N) is 1. The molecule has 0 aromatic heterocycles. The molecule has 0 radical (unpaired) electrons. The molecular formula is C17H36N2. The number of likely N-dealkylation sites (N-methyl/N-ethyl adjacent to an activating group) is 1. The van der Waals surface area contributed by atoms with E-state index in [-0.39, 0.29) is 0 Å². The van der Waals surface area contributed by atoms with Crippen LogP contribution in [0.25, 0.3) is 0 Å². The largest absolute Gasteiger partial charge is 0.315 e. The third-order valence-electron chi connectivity index (χ3n) is 4.43. The molecule has 0 heterocycles. The van der Waals surface area contributed by atoms with Crippen molar-refractivity contribution in [2.45, 2.75) is 84.7 Å². The molecule has 0 aromatic rings. The molecule has 2 nitrogen and oxygen atoms in total. The van der Waals surface area contributed by atoms with E-state index in [9.17, 15) is 0 Å². The van der Waals surface area contributed by atoms with Crippen LogP contribution in [0.5, 0.6) is 0 Å². The molecule has 1 fully saturated rings. The van der Waals surface area contributed by atoms with Crippen molar-refractivity contribution in [3.63, 3.8) is 0 Å². The van der Waals surface area contributed by atoms with Gasteiger partial charge in [0.25, 0.3) is 0 Å². The number of hydrogen-bond acceptors (Lipinski definition) is 2. The van der Waals surface area contributed by atoms with Crippen LogP contribution in [0, 0.1) is 5.92 Å². The van der Waals surface area contributed by atoms with Crippen molar-refractivity contribution in [3.8, 4) is 0 Å². The van der Waals surface area contributed by atoms with Gasteiger partial charge in [0.15, 0.2) is 0 Å². The lowest BCUT2D eigenvalue weighted by atomic mass is 9.92. The summed E-state index contributed by atoms with van der Waals surface area (Å²) in [5, 5.41) is 3.68. The molecule has 1 aliphatic rings. The van der Waals surface area contributed by atoms with Crippen LogP contribution < -0.4 is 5.32 Å². The third-order valence-corrected chi connectivity index (χ3v) is 4.43. The lowest BCUT2D eigenvalue weighted by molar-refractivity contribution is 0.102. The number of nitrogens with one attached hydrogen (secondary N) is 1. The molecule has 1 atom stereocenters. The fourth-order valence-electron chi connectivity index (χ4n) is 3.48. The molecule has 19 heavy (non-hydrogen) atoms. The van der Waals surface area contributed by atoms with Crippen molar-refractivity contribution in [1.29, 1.82) is 0 Å². The van der Waals surface area contributed by atoms with Gasteiger partial charge in [0, 0.05) is 18.6 Å². The third kappa shape index (κ3) is 6.27. The minimum atomic E-state index is 0.747. The first-order valence-corrected chi connectivity index (χ1v) is 8.65. The predicted molar refractivity (Wildman–Crippen MR) is 85.7 cm³/mol. The summed E-state index contributed by atoms with van der Waals surface area (Å²) < 4.78 is 0. The van der Waals surface area contributed by atoms with Crippen LogP contribution in [0.4, 0.5) is 0 Å². The Hall–Kier alpha value is -0.0800. The van der Waals surface area contributed by atoms with E-state index in [1.54, 1.807) is 0 Å². The molecule has 2 heteroatoms. The van der Waals surface area contributed by atoms with Crippen LogP contribution in [0.15, 0.2) is 0 Å². The summed E-state index contributed by atoms with van der Waals surface area (Å²) in [7, 11) is 0. The molecule has 1 rings (SSSR count). The van der Waals surface area contributed by atoms with Gasteiger partial charge in [-0.3, -0.25) is 4.90 Å². The lowest BCUT2D eigenvalue weighted by Crippen LogP contribution is -2.48. The van der Waals surface area contributed by atoms with E-state index in [0.717, 1.165) is 24.5 Å².